The van der Waals surface area contributed by atoms with Crippen molar-refractivity contribution in [2.45, 2.75) is 39.7 Å². The molecule has 0 aliphatic rings. The first-order valence-corrected chi connectivity index (χ1v) is 11.8. The molecule has 0 aliphatic carbocycles. The summed E-state index contributed by atoms with van der Waals surface area (Å²) in [6.07, 6.45) is 3.87. The minimum atomic E-state index is -0.223. The van der Waals surface area contributed by atoms with Crippen molar-refractivity contribution in [3.63, 3.8) is 0 Å². The molecule has 2 aromatic carbocycles. The Morgan fingerprint density at radius 1 is 1.00 bits per heavy atom. The molecule has 36 heavy (non-hydrogen) atoms. The molecule has 3 heterocycles. The number of hydrogen-bond acceptors (Lipinski definition) is 5. The van der Waals surface area contributed by atoms with E-state index < -0.39 is 0 Å². The molecule has 0 saturated heterocycles. The van der Waals surface area contributed by atoms with Crippen LogP contribution in [-0.4, -0.2) is 35.4 Å². The van der Waals surface area contributed by atoms with E-state index in [0.717, 1.165) is 28.1 Å². The highest BCUT2D eigenvalue weighted by molar-refractivity contribution is 5.87. The van der Waals surface area contributed by atoms with Gasteiger partial charge >= 0.3 is 5.69 Å². The van der Waals surface area contributed by atoms with Crippen molar-refractivity contribution < 1.29 is 4.79 Å². The van der Waals surface area contributed by atoms with E-state index in [2.05, 4.69) is 45.2 Å². The van der Waals surface area contributed by atoms with Crippen molar-refractivity contribution in [1.29, 1.82) is 0 Å². The van der Waals surface area contributed by atoms with Crippen molar-refractivity contribution in [3.05, 3.63) is 93.9 Å². The maximum atomic E-state index is 12.8. The number of anilines is 1. The summed E-state index contributed by atoms with van der Waals surface area (Å²) >= 11 is 0. The molecular formula is C27H27N7O2. The third-order valence-corrected chi connectivity index (χ3v) is 6.01. The largest absolute Gasteiger partial charge is 0.328 e. The van der Waals surface area contributed by atoms with Crippen molar-refractivity contribution >= 4 is 22.9 Å². The van der Waals surface area contributed by atoms with Crippen LogP contribution in [0.4, 0.5) is 5.82 Å². The first-order chi connectivity index (χ1) is 17.4. The molecule has 0 spiro atoms. The fraction of sp³-hybridized carbons (Fsp3) is 0.222. The van der Waals surface area contributed by atoms with Crippen LogP contribution < -0.4 is 11.0 Å². The number of nitrogens with zero attached hydrogens (tertiary/aromatic N) is 4. The van der Waals surface area contributed by atoms with Crippen molar-refractivity contribution in [2.24, 2.45) is 0 Å². The summed E-state index contributed by atoms with van der Waals surface area (Å²) in [5, 5.41) is 2.68. The van der Waals surface area contributed by atoms with Gasteiger partial charge in [0.25, 0.3) is 0 Å². The van der Waals surface area contributed by atoms with Crippen LogP contribution in [0.15, 0.2) is 65.7 Å². The normalized spacial score (nSPS) is 11.3. The first kappa shape index (κ1) is 23.2. The molecule has 0 bridgehead atoms. The minimum absolute atomic E-state index is 0.149. The topological polar surface area (TPSA) is 121 Å². The summed E-state index contributed by atoms with van der Waals surface area (Å²) in [4.78, 5) is 43.5. The van der Waals surface area contributed by atoms with Crippen molar-refractivity contribution in [2.75, 3.05) is 5.32 Å². The highest BCUT2D eigenvalue weighted by atomic mass is 16.1. The van der Waals surface area contributed by atoms with E-state index >= 15 is 0 Å². The smallest absolute Gasteiger partial charge is 0.328 e. The van der Waals surface area contributed by atoms with Crippen LogP contribution in [0.1, 0.15) is 49.2 Å². The molecule has 9 heteroatoms. The Bertz CT molecular complexity index is 1590. The summed E-state index contributed by atoms with van der Waals surface area (Å²) in [7, 11) is 0. The Hall–Kier alpha value is -4.53. The van der Waals surface area contributed by atoms with Gasteiger partial charge in [0.05, 0.1) is 18.9 Å². The van der Waals surface area contributed by atoms with E-state index in [-0.39, 0.29) is 11.6 Å². The van der Waals surface area contributed by atoms with Crippen LogP contribution in [0.3, 0.4) is 0 Å². The molecule has 182 valence electrons. The summed E-state index contributed by atoms with van der Waals surface area (Å²) in [6.45, 7) is 6.12. The Morgan fingerprint density at radius 3 is 2.50 bits per heavy atom. The van der Waals surface area contributed by atoms with Gasteiger partial charge in [-0.3, -0.25) is 9.36 Å². The number of amides is 1. The lowest BCUT2D eigenvalue weighted by Crippen LogP contribution is -2.17. The second kappa shape index (κ2) is 9.61. The first-order valence-electron chi connectivity index (χ1n) is 11.8. The molecule has 0 unspecified atom stereocenters. The van der Waals surface area contributed by atoms with Gasteiger partial charge in [0.1, 0.15) is 17.2 Å². The highest BCUT2D eigenvalue weighted by Crippen LogP contribution is 2.27. The molecule has 0 fully saturated rings. The molecule has 1 amide bonds. The van der Waals surface area contributed by atoms with E-state index in [4.69, 9.17) is 4.98 Å². The van der Waals surface area contributed by atoms with E-state index in [1.807, 2.05) is 42.5 Å². The Kier molecular flexibility index (Phi) is 6.20. The highest BCUT2D eigenvalue weighted by Gasteiger charge is 2.15. The molecule has 9 nitrogen and oxygen atoms in total. The Morgan fingerprint density at radius 2 is 1.75 bits per heavy atom. The summed E-state index contributed by atoms with van der Waals surface area (Å²) in [6, 6.07) is 16.1. The maximum absolute atomic E-state index is 12.8. The van der Waals surface area contributed by atoms with Gasteiger partial charge in [0.2, 0.25) is 5.91 Å². The van der Waals surface area contributed by atoms with E-state index in [1.54, 1.807) is 17.0 Å². The number of H-pyrrole nitrogens is 2. The number of nitrogens with one attached hydrogen (secondary N) is 3. The lowest BCUT2D eigenvalue weighted by atomic mass is 9.97. The molecule has 0 radical (unpaired) electrons. The van der Waals surface area contributed by atoms with Gasteiger partial charge in [0.15, 0.2) is 11.5 Å². The van der Waals surface area contributed by atoms with Crippen LogP contribution in [0, 0.1) is 0 Å². The Balaban J connectivity index is 1.39. The number of aromatic amines is 2. The lowest BCUT2D eigenvalue weighted by Gasteiger charge is -2.11. The predicted octanol–water partition coefficient (Wildman–Crippen LogP) is 4.23. The monoisotopic (exact) mass is 481 g/mol. The molecule has 0 saturated carbocycles. The number of hydrogen-bond donors (Lipinski definition) is 3. The van der Waals surface area contributed by atoms with E-state index in [0.29, 0.717) is 41.7 Å². The number of imidazole rings is 2. The number of fused-ring (bicyclic) bond motifs is 1. The van der Waals surface area contributed by atoms with Gasteiger partial charge in [-0.15, -0.1) is 0 Å². The summed E-state index contributed by atoms with van der Waals surface area (Å²) in [5.41, 5.74) is 5.13. The van der Waals surface area contributed by atoms with Gasteiger partial charge < -0.3 is 15.3 Å². The number of benzene rings is 2. The van der Waals surface area contributed by atoms with Crippen LogP contribution >= 0.6 is 0 Å². The second-order valence-corrected chi connectivity index (χ2v) is 9.11. The SMILES string of the molecule is CC(=O)Nc1cnc(Cc2ccc(Cn3c(=O)[nH]c4cnc(-c5ccccc5C(C)C)nc43)cc2)[nH]1. The molecule has 0 aliphatic heterocycles. The summed E-state index contributed by atoms with van der Waals surface area (Å²) in [5.74, 6) is 2.11. The van der Waals surface area contributed by atoms with Gasteiger partial charge in [0, 0.05) is 18.9 Å². The minimum Gasteiger partial charge on any atom is -0.328 e. The molecule has 3 aromatic heterocycles. The molecule has 0 atom stereocenters. The number of carbonyl (C=O) groups is 1. The van der Waals surface area contributed by atoms with Crippen molar-refractivity contribution in [3.8, 4) is 11.4 Å². The molecule has 5 rings (SSSR count). The predicted molar refractivity (Wildman–Crippen MR) is 139 cm³/mol. The quantitative estimate of drug-likeness (QED) is 0.321. The number of carbonyl (C=O) groups excluding carboxylic acids is 1. The molecule has 5 aromatic rings. The maximum Gasteiger partial charge on any atom is 0.328 e. The zero-order valence-corrected chi connectivity index (χ0v) is 20.4. The summed E-state index contributed by atoms with van der Waals surface area (Å²) < 4.78 is 1.64. The van der Waals surface area contributed by atoms with Crippen LogP contribution in [-0.2, 0) is 17.8 Å². The zero-order chi connectivity index (χ0) is 25.2. The van der Waals surface area contributed by atoms with Crippen LogP contribution in [0.2, 0.25) is 0 Å². The zero-order valence-electron chi connectivity index (χ0n) is 20.4. The second-order valence-electron chi connectivity index (χ2n) is 9.11. The molecule has 3 N–H and O–H groups in total. The van der Waals surface area contributed by atoms with Crippen LogP contribution in [0.25, 0.3) is 22.6 Å². The average molecular weight is 482 g/mol. The number of aromatic nitrogens is 6. The lowest BCUT2D eigenvalue weighted by molar-refractivity contribution is -0.114. The van der Waals surface area contributed by atoms with E-state index in [1.165, 1.54) is 6.92 Å². The fourth-order valence-corrected chi connectivity index (χ4v) is 4.27. The third-order valence-electron chi connectivity index (χ3n) is 6.01. The standard InChI is InChI=1S/C27H27N7O2/c1-16(2)20-6-4-5-7-21(20)25-29-13-22-26(33-25)34(27(36)31-22)15-19-10-8-18(9-11-19)12-23-28-14-24(32-23)30-17(3)35/h4-11,13-14,16H,12,15H2,1-3H3,(H,28,32)(H,30,35)(H,31,36). The molecular weight excluding hydrogens is 454 g/mol. The fourth-order valence-electron chi connectivity index (χ4n) is 4.27. The number of rotatable bonds is 7. The van der Waals surface area contributed by atoms with E-state index in [9.17, 15) is 9.59 Å². The van der Waals surface area contributed by atoms with Crippen LogP contribution in [0.5, 0.6) is 0 Å². The van der Waals surface area contributed by atoms with Gasteiger partial charge in [-0.05, 0) is 22.6 Å². The van der Waals surface area contributed by atoms with Gasteiger partial charge in [-0.25, -0.2) is 19.7 Å². The average Bonchev–Trinajstić information content (AvgIpc) is 3.42. The van der Waals surface area contributed by atoms with Gasteiger partial charge in [-0.1, -0.05) is 62.4 Å². The Labute approximate surface area is 207 Å². The van der Waals surface area contributed by atoms with Gasteiger partial charge in [-0.2, -0.15) is 0 Å². The van der Waals surface area contributed by atoms with Crippen molar-refractivity contribution in [1.82, 2.24) is 29.5 Å². The third kappa shape index (κ3) is 4.81.